The molecule has 1 fully saturated rings. The Kier molecular flexibility index (Phi) is 3.43. The van der Waals surface area contributed by atoms with Crippen LogP contribution in [0.2, 0.25) is 0 Å². The van der Waals surface area contributed by atoms with Crippen LogP contribution in [0.25, 0.3) is 0 Å². The summed E-state index contributed by atoms with van der Waals surface area (Å²) in [6.07, 6.45) is 3.81. The van der Waals surface area contributed by atoms with E-state index in [1.807, 2.05) is 7.05 Å². The molecule has 0 spiro atoms. The Balaban J connectivity index is 2.25. The molecule has 0 radical (unpaired) electrons. The Morgan fingerprint density at radius 2 is 2.00 bits per heavy atom. The summed E-state index contributed by atoms with van der Waals surface area (Å²) < 4.78 is 5.56. The minimum Gasteiger partial charge on any atom is -0.496 e. The summed E-state index contributed by atoms with van der Waals surface area (Å²) in [6, 6.07) is 4.47. The summed E-state index contributed by atoms with van der Waals surface area (Å²) in [7, 11) is 3.82. The molecule has 1 aliphatic rings. The summed E-state index contributed by atoms with van der Waals surface area (Å²) in [6.45, 7) is 5.41. The first-order chi connectivity index (χ1) is 8.10. The van der Waals surface area contributed by atoms with Crippen molar-refractivity contribution >= 4 is 0 Å². The quantitative estimate of drug-likeness (QED) is 0.844. The molecular formula is C15H23NO. The van der Waals surface area contributed by atoms with Crippen molar-refractivity contribution in [2.75, 3.05) is 20.7 Å². The molecule has 0 saturated heterocycles. The van der Waals surface area contributed by atoms with Gasteiger partial charge in [0.15, 0.2) is 0 Å². The van der Waals surface area contributed by atoms with Crippen LogP contribution in [-0.4, -0.2) is 20.7 Å². The van der Waals surface area contributed by atoms with Crippen LogP contribution in [-0.2, 0) is 6.42 Å². The molecule has 0 aliphatic heterocycles. The van der Waals surface area contributed by atoms with Gasteiger partial charge in [-0.1, -0.05) is 17.7 Å². The normalized spacial score (nSPS) is 16.9. The first kappa shape index (κ1) is 12.4. The highest BCUT2D eigenvalue weighted by Gasteiger charge is 2.42. The number of rotatable bonds is 5. The maximum Gasteiger partial charge on any atom is 0.124 e. The van der Waals surface area contributed by atoms with Crippen LogP contribution in [0.4, 0.5) is 0 Å². The summed E-state index contributed by atoms with van der Waals surface area (Å²) in [4.78, 5) is 0. The van der Waals surface area contributed by atoms with E-state index in [0.717, 1.165) is 18.7 Å². The number of nitrogens with one attached hydrogen (secondary N) is 1. The largest absolute Gasteiger partial charge is 0.496 e. The molecule has 1 saturated carbocycles. The van der Waals surface area contributed by atoms with Crippen LogP contribution < -0.4 is 10.1 Å². The van der Waals surface area contributed by atoms with Crippen molar-refractivity contribution in [2.24, 2.45) is 5.41 Å². The molecule has 0 aromatic heterocycles. The zero-order valence-corrected chi connectivity index (χ0v) is 11.4. The third-order valence-electron chi connectivity index (χ3n) is 3.77. The predicted molar refractivity (Wildman–Crippen MR) is 71.8 cm³/mol. The molecule has 0 atom stereocenters. The lowest BCUT2D eigenvalue weighted by atomic mass is 9.93. The van der Waals surface area contributed by atoms with Crippen molar-refractivity contribution < 1.29 is 4.74 Å². The van der Waals surface area contributed by atoms with Gasteiger partial charge in [-0.15, -0.1) is 0 Å². The Labute approximate surface area is 104 Å². The summed E-state index contributed by atoms with van der Waals surface area (Å²) >= 11 is 0. The standard InChI is InChI=1S/C15H23NO/c1-11-7-12(2)14(17-4)13(8-11)9-15(5-6-15)10-16-3/h7-8,16H,5-6,9-10H2,1-4H3. The van der Waals surface area contributed by atoms with Gasteiger partial charge in [0.2, 0.25) is 0 Å². The molecule has 2 rings (SSSR count). The van der Waals surface area contributed by atoms with E-state index in [9.17, 15) is 0 Å². The number of hydrogen-bond donors (Lipinski definition) is 1. The number of methoxy groups -OCH3 is 1. The number of ether oxygens (including phenoxy) is 1. The molecule has 17 heavy (non-hydrogen) atoms. The number of benzene rings is 1. The zero-order valence-electron chi connectivity index (χ0n) is 11.4. The van der Waals surface area contributed by atoms with Crippen molar-refractivity contribution in [3.63, 3.8) is 0 Å². The van der Waals surface area contributed by atoms with E-state index < -0.39 is 0 Å². The Hall–Kier alpha value is -1.02. The molecule has 94 valence electrons. The second-order valence-corrected chi connectivity index (χ2v) is 5.48. The molecule has 2 nitrogen and oxygen atoms in total. The van der Waals surface area contributed by atoms with E-state index in [-0.39, 0.29) is 0 Å². The molecule has 1 N–H and O–H groups in total. The highest BCUT2D eigenvalue weighted by molar-refractivity contribution is 5.44. The van der Waals surface area contributed by atoms with Crippen LogP contribution in [0.1, 0.15) is 29.5 Å². The van der Waals surface area contributed by atoms with Gasteiger partial charge in [0, 0.05) is 6.54 Å². The highest BCUT2D eigenvalue weighted by atomic mass is 16.5. The van der Waals surface area contributed by atoms with E-state index in [4.69, 9.17) is 4.74 Å². The Morgan fingerprint density at radius 3 is 2.53 bits per heavy atom. The molecular weight excluding hydrogens is 210 g/mol. The molecule has 0 amide bonds. The minimum atomic E-state index is 0.488. The smallest absolute Gasteiger partial charge is 0.124 e. The molecule has 1 aliphatic carbocycles. The monoisotopic (exact) mass is 233 g/mol. The van der Waals surface area contributed by atoms with Gasteiger partial charge in [-0.25, -0.2) is 0 Å². The summed E-state index contributed by atoms with van der Waals surface area (Å²) in [5, 5.41) is 3.32. The van der Waals surface area contributed by atoms with Crippen molar-refractivity contribution in [3.8, 4) is 5.75 Å². The van der Waals surface area contributed by atoms with Crippen LogP contribution in [0, 0.1) is 19.3 Å². The van der Waals surface area contributed by atoms with Gasteiger partial charge in [0.05, 0.1) is 7.11 Å². The zero-order chi connectivity index (χ0) is 12.5. The topological polar surface area (TPSA) is 21.3 Å². The van der Waals surface area contributed by atoms with Gasteiger partial charge in [-0.05, 0) is 56.7 Å². The maximum absolute atomic E-state index is 5.56. The van der Waals surface area contributed by atoms with E-state index in [1.54, 1.807) is 7.11 Å². The Morgan fingerprint density at radius 1 is 1.29 bits per heavy atom. The van der Waals surface area contributed by atoms with Gasteiger partial charge in [-0.3, -0.25) is 0 Å². The number of aryl methyl sites for hydroxylation is 2. The lowest BCUT2D eigenvalue weighted by Crippen LogP contribution is -2.22. The van der Waals surface area contributed by atoms with Crippen LogP contribution in [0.5, 0.6) is 5.75 Å². The third-order valence-corrected chi connectivity index (χ3v) is 3.77. The van der Waals surface area contributed by atoms with Gasteiger partial charge < -0.3 is 10.1 Å². The molecule has 0 heterocycles. The fourth-order valence-electron chi connectivity index (χ4n) is 2.84. The molecule has 2 heteroatoms. The molecule has 0 unspecified atom stereocenters. The van der Waals surface area contributed by atoms with Crippen LogP contribution >= 0.6 is 0 Å². The van der Waals surface area contributed by atoms with Gasteiger partial charge in [0.25, 0.3) is 0 Å². The maximum atomic E-state index is 5.56. The second kappa shape index (κ2) is 4.69. The third kappa shape index (κ3) is 2.63. The number of hydrogen-bond acceptors (Lipinski definition) is 2. The fourth-order valence-corrected chi connectivity index (χ4v) is 2.84. The summed E-state index contributed by atoms with van der Waals surface area (Å²) in [5.74, 6) is 1.08. The van der Waals surface area contributed by atoms with Crippen LogP contribution in [0.15, 0.2) is 12.1 Å². The highest BCUT2D eigenvalue weighted by Crippen LogP contribution is 2.49. The van der Waals surface area contributed by atoms with Crippen molar-refractivity contribution in [3.05, 3.63) is 28.8 Å². The van der Waals surface area contributed by atoms with E-state index >= 15 is 0 Å². The average molecular weight is 233 g/mol. The van der Waals surface area contributed by atoms with Crippen molar-refractivity contribution in [1.82, 2.24) is 5.32 Å². The lowest BCUT2D eigenvalue weighted by molar-refractivity contribution is 0.396. The van der Waals surface area contributed by atoms with Gasteiger partial charge >= 0.3 is 0 Å². The minimum absolute atomic E-state index is 0.488. The molecule has 1 aromatic rings. The van der Waals surface area contributed by atoms with E-state index in [0.29, 0.717) is 5.41 Å². The fraction of sp³-hybridized carbons (Fsp3) is 0.600. The molecule has 1 aromatic carbocycles. The van der Waals surface area contributed by atoms with Gasteiger partial charge in [0.1, 0.15) is 5.75 Å². The van der Waals surface area contributed by atoms with Crippen molar-refractivity contribution in [1.29, 1.82) is 0 Å². The first-order valence-corrected chi connectivity index (χ1v) is 6.39. The molecule has 0 bridgehead atoms. The SMILES string of the molecule is CNCC1(Cc2cc(C)cc(C)c2OC)CC1. The van der Waals surface area contributed by atoms with E-state index in [2.05, 4.69) is 31.3 Å². The first-order valence-electron chi connectivity index (χ1n) is 6.39. The average Bonchev–Trinajstić information content (AvgIpc) is 2.97. The van der Waals surface area contributed by atoms with Gasteiger partial charge in [-0.2, -0.15) is 0 Å². The van der Waals surface area contributed by atoms with Crippen molar-refractivity contribution in [2.45, 2.75) is 33.1 Å². The Bertz CT molecular complexity index is 408. The lowest BCUT2D eigenvalue weighted by Gasteiger charge is -2.18. The van der Waals surface area contributed by atoms with E-state index in [1.165, 1.54) is 29.5 Å². The second-order valence-electron chi connectivity index (χ2n) is 5.48. The predicted octanol–water partition coefficient (Wildman–Crippen LogP) is 2.85. The summed E-state index contributed by atoms with van der Waals surface area (Å²) in [5.41, 5.74) is 4.45. The van der Waals surface area contributed by atoms with Crippen LogP contribution in [0.3, 0.4) is 0 Å².